The summed E-state index contributed by atoms with van der Waals surface area (Å²) in [5.41, 5.74) is 0.983. The van der Waals surface area contributed by atoms with Gasteiger partial charge in [0.1, 0.15) is 11.6 Å². The van der Waals surface area contributed by atoms with Gasteiger partial charge in [0.05, 0.1) is 25.3 Å². The highest BCUT2D eigenvalue weighted by molar-refractivity contribution is 7.91. The zero-order valence-electron chi connectivity index (χ0n) is 16.3. The van der Waals surface area contributed by atoms with Crippen LogP contribution in [-0.4, -0.2) is 53.3 Å². The van der Waals surface area contributed by atoms with Gasteiger partial charge >= 0.3 is 0 Å². The highest BCUT2D eigenvalue weighted by Crippen LogP contribution is 2.24. The zero-order valence-corrected chi connectivity index (χ0v) is 18.6. The molecule has 1 aliphatic heterocycles. The summed E-state index contributed by atoms with van der Waals surface area (Å²) in [5, 5.41) is 5.30. The minimum Gasteiger partial charge on any atom is -0.496 e. The maximum absolute atomic E-state index is 11.7. The molecule has 0 saturated carbocycles. The molecule has 0 bridgehead atoms. The molecule has 1 aliphatic rings. The molecule has 0 radical (unpaired) electrons. The summed E-state index contributed by atoms with van der Waals surface area (Å²) in [7, 11) is 2.59. The Morgan fingerprint density at radius 2 is 2.18 bits per heavy atom. The quantitative estimate of drug-likeness (QED) is 0.611. The molecular formula is C18H25ClN4O3S2. The lowest BCUT2D eigenvalue weighted by Crippen LogP contribution is -2.23. The smallest absolute Gasteiger partial charge is 0.198 e. The van der Waals surface area contributed by atoms with Gasteiger partial charge in [-0.2, -0.15) is 5.10 Å². The van der Waals surface area contributed by atoms with Crippen molar-refractivity contribution in [3.05, 3.63) is 39.4 Å². The highest BCUT2D eigenvalue weighted by Gasteiger charge is 2.29. The van der Waals surface area contributed by atoms with Gasteiger partial charge < -0.3 is 9.30 Å². The van der Waals surface area contributed by atoms with E-state index in [9.17, 15) is 8.42 Å². The van der Waals surface area contributed by atoms with Gasteiger partial charge in [0.25, 0.3) is 0 Å². The molecular weight excluding hydrogens is 420 g/mol. The molecule has 28 heavy (non-hydrogen) atoms. The lowest BCUT2D eigenvalue weighted by Gasteiger charge is -2.18. The van der Waals surface area contributed by atoms with Crippen molar-refractivity contribution in [2.45, 2.75) is 26.1 Å². The first-order chi connectivity index (χ1) is 13.2. The summed E-state index contributed by atoms with van der Waals surface area (Å²) in [6.07, 6.45) is 1.31. The normalized spacial score (nSPS) is 18.7. The lowest BCUT2D eigenvalue weighted by atomic mass is 10.1. The second-order valence-corrected chi connectivity index (χ2v) is 10.4. The fourth-order valence-corrected chi connectivity index (χ4v) is 5.79. The number of rotatable bonds is 7. The number of ether oxygens (including phenoxy) is 1. The van der Waals surface area contributed by atoms with Gasteiger partial charge in [0.2, 0.25) is 0 Å². The molecule has 7 nitrogen and oxygen atoms in total. The van der Waals surface area contributed by atoms with Crippen molar-refractivity contribution in [1.82, 2.24) is 19.2 Å². The monoisotopic (exact) mass is 444 g/mol. The third-order valence-electron chi connectivity index (χ3n) is 4.99. The summed E-state index contributed by atoms with van der Waals surface area (Å²) in [6.45, 7) is 1.13. The van der Waals surface area contributed by atoms with Crippen molar-refractivity contribution < 1.29 is 13.2 Å². The van der Waals surface area contributed by atoms with Crippen LogP contribution < -0.4 is 4.74 Å². The largest absolute Gasteiger partial charge is 0.496 e. The lowest BCUT2D eigenvalue weighted by molar-refractivity contribution is 0.240. The molecule has 0 amide bonds. The Balaban J connectivity index is 1.71. The van der Waals surface area contributed by atoms with Gasteiger partial charge in [-0.15, -0.1) is 0 Å². The molecule has 10 heteroatoms. The number of halogens is 1. The number of aromatic nitrogens is 3. The maximum Gasteiger partial charge on any atom is 0.198 e. The van der Waals surface area contributed by atoms with Gasteiger partial charge in [0.15, 0.2) is 14.6 Å². The average Bonchev–Trinajstić information content (AvgIpc) is 3.09. The van der Waals surface area contributed by atoms with E-state index in [1.165, 1.54) is 0 Å². The first kappa shape index (κ1) is 21.3. The number of hydrogen-bond acceptors (Lipinski definition) is 6. The highest BCUT2D eigenvalue weighted by atomic mass is 35.5. The van der Waals surface area contributed by atoms with E-state index in [2.05, 4.69) is 10.00 Å². The van der Waals surface area contributed by atoms with E-state index in [0.717, 1.165) is 17.1 Å². The van der Waals surface area contributed by atoms with Crippen LogP contribution in [0.2, 0.25) is 5.02 Å². The Labute approximate surface area is 175 Å². The second-order valence-electron chi connectivity index (χ2n) is 7.34. The summed E-state index contributed by atoms with van der Waals surface area (Å²) in [5.74, 6) is 2.22. The van der Waals surface area contributed by atoms with Crippen LogP contribution in [0, 0.1) is 10.7 Å². The van der Waals surface area contributed by atoms with Crippen LogP contribution in [0.3, 0.4) is 0 Å². The van der Waals surface area contributed by atoms with Crippen molar-refractivity contribution in [2.24, 2.45) is 13.0 Å². The van der Waals surface area contributed by atoms with Crippen molar-refractivity contribution in [2.75, 3.05) is 25.7 Å². The molecule has 1 aromatic carbocycles. The van der Waals surface area contributed by atoms with Gasteiger partial charge in [-0.25, -0.2) is 13.1 Å². The van der Waals surface area contributed by atoms with Crippen LogP contribution in [0.15, 0.2) is 18.2 Å². The van der Waals surface area contributed by atoms with Crippen molar-refractivity contribution >= 4 is 33.7 Å². The first-order valence-corrected chi connectivity index (χ1v) is 11.6. The Kier molecular flexibility index (Phi) is 6.48. The van der Waals surface area contributed by atoms with Crippen molar-refractivity contribution in [3.63, 3.8) is 0 Å². The SMILES string of the molecule is COc1ccc(Cl)cc1CN(C)Cn1nc(CC2CCS(=O)(=O)C2)n(C)c1=S. The third-order valence-corrected chi connectivity index (χ3v) is 7.54. The summed E-state index contributed by atoms with van der Waals surface area (Å²) in [4.78, 5) is 2.07. The number of hydrogen-bond donors (Lipinski definition) is 0. The topological polar surface area (TPSA) is 69.4 Å². The van der Waals surface area contributed by atoms with Crippen LogP contribution in [-0.2, 0) is 36.5 Å². The Morgan fingerprint density at radius 1 is 1.43 bits per heavy atom. The van der Waals surface area contributed by atoms with E-state index in [1.54, 1.807) is 17.9 Å². The van der Waals surface area contributed by atoms with Crippen LogP contribution >= 0.6 is 23.8 Å². The van der Waals surface area contributed by atoms with Crippen molar-refractivity contribution in [1.29, 1.82) is 0 Å². The molecule has 1 unspecified atom stereocenters. The van der Waals surface area contributed by atoms with E-state index in [1.807, 2.05) is 30.8 Å². The second kappa shape index (κ2) is 8.52. The van der Waals surface area contributed by atoms with Crippen LogP contribution in [0.4, 0.5) is 0 Å². The van der Waals surface area contributed by atoms with Crippen LogP contribution in [0.1, 0.15) is 17.8 Å². The molecule has 154 valence electrons. The molecule has 0 spiro atoms. The third kappa shape index (κ3) is 4.94. The summed E-state index contributed by atoms with van der Waals surface area (Å²) < 4.78 is 33.1. The zero-order chi connectivity index (χ0) is 20.5. The Hall–Kier alpha value is -1.42. The van der Waals surface area contributed by atoms with E-state index in [4.69, 9.17) is 28.6 Å². The fraction of sp³-hybridized carbons (Fsp3) is 0.556. The number of methoxy groups -OCH3 is 1. The average molecular weight is 445 g/mol. The number of nitrogens with zero attached hydrogens (tertiary/aromatic N) is 4. The van der Waals surface area contributed by atoms with Gasteiger partial charge in [-0.05, 0) is 49.8 Å². The summed E-state index contributed by atoms with van der Waals surface area (Å²) >= 11 is 11.6. The van der Waals surface area contributed by atoms with Crippen LogP contribution in [0.5, 0.6) is 5.75 Å². The predicted molar refractivity (Wildman–Crippen MR) is 112 cm³/mol. The Bertz CT molecular complexity index is 1020. The van der Waals surface area contributed by atoms with E-state index < -0.39 is 9.84 Å². The molecule has 0 N–H and O–H groups in total. The van der Waals surface area contributed by atoms with E-state index >= 15 is 0 Å². The van der Waals surface area contributed by atoms with Gasteiger partial charge in [-0.1, -0.05) is 11.6 Å². The standard InChI is InChI=1S/C18H25ClN4O3S2/c1-21(10-14-9-15(19)4-5-16(14)26-3)12-23-18(27)22(2)17(20-23)8-13-6-7-28(24,25)11-13/h4-5,9,13H,6-8,10-12H2,1-3H3. The van der Waals surface area contributed by atoms with Crippen LogP contribution in [0.25, 0.3) is 0 Å². The maximum atomic E-state index is 11.7. The number of sulfone groups is 1. The fourth-order valence-electron chi connectivity index (χ4n) is 3.53. The van der Waals surface area contributed by atoms with E-state index in [0.29, 0.717) is 35.8 Å². The molecule has 1 fully saturated rings. The van der Waals surface area contributed by atoms with Crippen molar-refractivity contribution in [3.8, 4) is 5.75 Å². The molecule has 2 aromatic rings. The minimum absolute atomic E-state index is 0.113. The molecule has 1 atom stereocenters. The molecule has 3 rings (SSSR count). The van der Waals surface area contributed by atoms with Gasteiger partial charge in [0, 0.05) is 30.6 Å². The molecule has 1 saturated heterocycles. The van der Waals surface area contributed by atoms with Gasteiger partial charge in [-0.3, -0.25) is 4.90 Å². The molecule has 0 aliphatic carbocycles. The minimum atomic E-state index is -2.90. The molecule has 1 aromatic heterocycles. The predicted octanol–water partition coefficient (Wildman–Crippen LogP) is 2.68. The first-order valence-electron chi connectivity index (χ1n) is 9.02. The van der Waals surface area contributed by atoms with E-state index in [-0.39, 0.29) is 17.4 Å². The molecule has 2 heterocycles. The summed E-state index contributed by atoms with van der Waals surface area (Å²) in [6, 6.07) is 5.54. The number of benzene rings is 1. The Morgan fingerprint density at radius 3 is 2.82 bits per heavy atom.